The summed E-state index contributed by atoms with van der Waals surface area (Å²) in [5.41, 5.74) is 4.34. The first kappa shape index (κ1) is 18.0. The molecule has 0 aliphatic carbocycles. The summed E-state index contributed by atoms with van der Waals surface area (Å²) in [5, 5.41) is 11.2. The average molecular weight is 464 g/mol. The quantitative estimate of drug-likeness (QED) is 0.205. The van der Waals surface area contributed by atoms with Crippen molar-refractivity contribution in [2.45, 2.75) is 0 Å². The van der Waals surface area contributed by atoms with Crippen molar-refractivity contribution < 1.29 is 4.42 Å². The fourth-order valence-corrected chi connectivity index (χ4v) is 7.16. The van der Waals surface area contributed by atoms with Gasteiger partial charge < -0.3 is 8.82 Å². The number of pyridine rings is 1. The maximum Gasteiger partial charge on any atom is 0.145 e. The Labute approximate surface area is 203 Å². The minimum atomic E-state index is 0.934. The van der Waals surface area contributed by atoms with Gasteiger partial charge in [-0.15, -0.1) is 11.3 Å². The fraction of sp³-hybridized carbons (Fsp3) is 0. The van der Waals surface area contributed by atoms with Crippen LogP contribution in [0.5, 0.6) is 0 Å². The molecule has 9 rings (SSSR count). The molecule has 0 fully saturated rings. The largest absolute Gasteiger partial charge is 0.455 e. The molecule has 35 heavy (non-hydrogen) atoms. The molecule has 0 N–H and O–H groups in total. The molecule has 0 saturated heterocycles. The van der Waals surface area contributed by atoms with Gasteiger partial charge in [-0.2, -0.15) is 0 Å². The van der Waals surface area contributed by atoms with Crippen LogP contribution in [-0.2, 0) is 0 Å². The number of fused-ring (bicyclic) bond motifs is 15. The van der Waals surface area contributed by atoms with Crippen molar-refractivity contribution >= 4 is 91.4 Å². The molecule has 0 bridgehead atoms. The number of hydrogen-bond acceptors (Lipinski definition) is 2. The van der Waals surface area contributed by atoms with Gasteiger partial charge in [0.15, 0.2) is 0 Å². The zero-order valence-electron chi connectivity index (χ0n) is 18.6. The summed E-state index contributed by atoms with van der Waals surface area (Å²) in [6.07, 6.45) is 2.27. The lowest BCUT2D eigenvalue weighted by molar-refractivity contribution is 0.673. The summed E-state index contributed by atoms with van der Waals surface area (Å²) in [4.78, 5) is 0. The zero-order valence-corrected chi connectivity index (χ0v) is 19.4. The maximum atomic E-state index is 6.56. The Morgan fingerprint density at radius 3 is 2.31 bits per heavy atom. The smallest absolute Gasteiger partial charge is 0.145 e. The first-order chi connectivity index (χ1) is 17.3. The maximum absolute atomic E-state index is 6.56. The number of aromatic nitrogens is 1. The highest BCUT2D eigenvalue weighted by Crippen LogP contribution is 2.44. The van der Waals surface area contributed by atoms with Crippen molar-refractivity contribution in [2.75, 3.05) is 0 Å². The molecule has 0 radical (unpaired) electrons. The number of thiophene rings is 1. The molecule has 0 aliphatic heterocycles. The highest BCUT2D eigenvalue weighted by Gasteiger charge is 2.19. The average Bonchev–Trinajstić information content (AvgIpc) is 3.58. The second-order valence-corrected chi connectivity index (χ2v) is 10.4. The molecule has 3 heteroatoms. The van der Waals surface area contributed by atoms with Gasteiger partial charge in [0, 0.05) is 58.7 Å². The lowest BCUT2D eigenvalue weighted by Crippen LogP contribution is -1.90. The van der Waals surface area contributed by atoms with E-state index in [1.54, 1.807) is 0 Å². The molecule has 4 heterocycles. The summed E-state index contributed by atoms with van der Waals surface area (Å²) >= 11 is 1.87. The molecular weight excluding hydrogens is 446 g/mol. The van der Waals surface area contributed by atoms with Gasteiger partial charge in [-0.1, -0.05) is 60.7 Å². The molecule has 2 nitrogen and oxygen atoms in total. The fourth-order valence-electron chi connectivity index (χ4n) is 6.04. The summed E-state index contributed by atoms with van der Waals surface area (Å²) in [7, 11) is 0. The molecule has 0 atom stereocenters. The van der Waals surface area contributed by atoms with Crippen LogP contribution in [0.1, 0.15) is 0 Å². The minimum Gasteiger partial charge on any atom is -0.455 e. The van der Waals surface area contributed by atoms with E-state index in [9.17, 15) is 0 Å². The third-order valence-corrected chi connectivity index (χ3v) is 8.68. The van der Waals surface area contributed by atoms with Crippen LogP contribution < -0.4 is 0 Å². The standard InChI is InChI=1S/C32H17NOS/c1-2-8-19-18(7-1)17-33-26-14-13-22-20-9-3-5-11-27(20)34-32(22)30(26)24-16-29-23(15-25(24)31(19)33)21-10-4-6-12-28(21)35-29/h1-17H. The lowest BCUT2D eigenvalue weighted by atomic mass is 9.99. The summed E-state index contributed by atoms with van der Waals surface area (Å²) in [6.45, 7) is 0. The van der Waals surface area contributed by atoms with E-state index in [4.69, 9.17) is 4.42 Å². The first-order valence-electron chi connectivity index (χ1n) is 11.9. The van der Waals surface area contributed by atoms with E-state index < -0.39 is 0 Å². The van der Waals surface area contributed by atoms with Crippen molar-refractivity contribution in [2.24, 2.45) is 0 Å². The van der Waals surface area contributed by atoms with Gasteiger partial charge in [0.25, 0.3) is 0 Å². The molecular formula is C32H17NOS. The van der Waals surface area contributed by atoms with Gasteiger partial charge in [-0.3, -0.25) is 0 Å². The molecule has 0 amide bonds. The SMILES string of the molecule is c1ccc2c(c1)cn1c3ccc4c5ccccc5oc4c3c3cc4sc5ccccc5c4cc3c21. The Balaban J connectivity index is 1.64. The zero-order chi connectivity index (χ0) is 22.7. The van der Waals surface area contributed by atoms with Gasteiger partial charge in [-0.05, 0) is 41.8 Å². The second kappa shape index (κ2) is 6.21. The topological polar surface area (TPSA) is 17.6 Å². The van der Waals surface area contributed by atoms with Gasteiger partial charge in [0.05, 0.1) is 11.0 Å². The molecule has 0 unspecified atom stereocenters. The number of para-hydroxylation sites is 1. The Kier molecular flexibility index (Phi) is 3.20. The number of furan rings is 1. The Morgan fingerprint density at radius 2 is 1.37 bits per heavy atom. The summed E-state index contributed by atoms with van der Waals surface area (Å²) < 4.78 is 11.6. The van der Waals surface area contributed by atoms with Crippen molar-refractivity contribution in [3.8, 4) is 0 Å². The normalized spacial score (nSPS) is 12.6. The van der Waals surface area contributed by atoms with Gasteiger partial charge in [0.1, 0.15) is 11.2 Å². The van der Waals surface area contributed by atoms with Crippen molar-refractivity contribution in [1.82, 2.24) is 4.40 Å². The Morgan fingerprint density at radius 1 is 0.571 bits per heavy atom. The van der Waals surface area contributed by atoms with Crippen LogP contribution in [0.15, 0.2) is 108 Å². The van der Waals surface area contributed by atoms with E-state index >= 15 is 0 Å². The molecule has 0 spiro atoms. The number of hydrogen-bond donors (Lipinski definition) is 0. The van der Waals surface area contributed by atoms with Crippen LogP contribution in [0.25, 0.3) is 80.1 Å². The second-order valence-electron chi connectivity index (χ2n) is 9.36. The van der Waals surface area contributed by atoms with Crippen LogP contribution in [0.3, 0.4) is 0 Å². The van der Waals surface area contributed by atoms with Crippen LogP contribution in [0.4, 0.5) is 0 Å². The number of benzene rings is 5. The van der Waals surface area contributed by atoms with E-state index in [-0.39, 0.29) is 0 Å². The van der Waals surface area contributed by atoms with Gasteiger partial charge in [0.2, 0.25) is 0 Å². The third-order valence-electron chi connectivity index (χ3n) is 7.55. The van der Waals surface area contributed by atoms with Crippen molar-refractivity contribution in [3.05, 3.63) is 103 Å². The van der Waals surface area contributed by atoms with Crippen LogP contribution in [0, 0.1) is 0 Å². The monoisotopic (exact) mass is 463 g/mol. The molecule has 0 aliphatic rings. The van der Waals surface area contributed by atoms with Crippen molar-refractivity contribution in [3.63, 3.8) is 0 Å². The highest BCUT2D eigenvalue weighted by atomic mass is 32.1. The van der Waals surface area contributed by atoms with Crippen LogP contribution in [-0.4, -0.2) is 4.40 Å². The van der Waals surface area contributed by atoms with Gasteiger partial charge >= 0.3 is 0 Å². The van der Waals surface area contributed by atoms with E-state index in [0.717, 1.165) is 11.2 Å². The van der Waals surface area contributed by atoms with E-state index in [2.05, 4.69) is 102 Å². The van der Waals surface area contributed by atoms with Crippen LogP contribution in [0.2, 0.25) is 0 Å². The lowest BCUT2D eigenvalue weighted by Gasteiger charge is -2.11. The third kappa shape index (κ3) is 2.20. The first-order valence-corrected chi connectivity index (χ1v) is 12.7. The molecule has 9 aromatic rings. The van der Waals surface area contributed by atoms with E-state index in [1.165, 1.54) is 68.9 Å². The predicted molar refractivity (Wildman–Crippen MR) is 150 cm³/mol. The van der Waals surface area contributed by atoms with E-state index in [0.29, 0.717) is 0 Å². The summed E-state index contributed by atoms with van der Waals surface area (Å²) in [5.74, 6) is 0. The Hall–Kier alpha value is -4.34. The van der Waals surface area contributed by atoms with E-state index in [1.807, 2.05) is 17.4 Å². The van der Waals surface area contributed by atoms with Gasteiger partial charge in [-0.25, -0.2) is 0 Å². The number of nitrogens with zero attached hydrogens (tertiary/aromatic N) is 1. The van der Waals surface area contributed by atoms with Crippen molar-refractivity contribution in [1.29, 1.82) is 0 Å². The molecule has 4 aromatic heterocycles. The summed E-state index contributed by atoms with van der Waals surface area (Å²) in [6, 6.07) is 35.1. The molecule has 162 valence electrons. The Bertz CT molecular complexity index is 2330. The predicted octanol–water partition coefficient (Wildman–Crippen LogP) is 9.67. The van der Waals surface area contributed by atoms with Crippen LogP contribution >= 0.6 is 11.3 Å². The molecule has 0 saturated carbocycles. The molecule has 5 aromatic carbocycles. The highest BCUT2D eigenvalue weighted by molar-refractivity contribution is 7.25. The number of rotatable bonds is 0. The minimum absolute atomic E-state index is 0.934.